The molecule has 4 rings (SSSR count). The molecule has 1 aromatic carbocycles. The number of nitrogens with one attached hydrogen (secondary N) is 1. The molecule has 138 valence electrons. The van der Waals surface area contributed by atoms with Gasteiger partial charge >= 0.3 is 6.09 Å². The molecule has 4 nitrogen and oxygen atoms in total. The van der Waals surface area contributed by atoms with Gasteiger partial charge in [-0.1, -0.05) is 36.3 Å². The fraction of sp³-hybridized carbons (Fsp3) is 0.130. The molecule has 0 saturated carbocycles. The summed E-state index contributed by atoms with van der Waals surface area (Å²) in [5, 5.41) is 2.82. The summed E-state index contributed by atoms with van der Waals surface area (Å²) < 4.78 is 18.4. The zero-order valence-corrected chi connectivity index (χ0v) is 14.9. The zero-order valence-electron chi connectivity index (χ0n) is 14.9. The van der Waals surface area contributed by atoms with Crippen molar-refractivity contribution in [3.8, 4) is 11.8 Å². The van der Waals surface area contributed by atoms with Crippen LogP contribution in [0.4, 0.5) is 9.18 Å². The van der Waals surface area contributed by atoms with Crippen LogP contribution in [0.3, 0.4) is 0 Å². The quantitative estimate of drug-likeness (QED) is 0.804. The van der Waals surface area contributed by atoms with Gasteiger partial charge < -0.3 is 10.1 Å². The van der Waals surface area contributed by atoms with E-state index in [1.54, 1.807) is 18.2 Å². The van der Waals surface area contributed by atoms with Crippen LogP contribution in [-0.2, 0) is 4.74 Å². The molecule has 0 bridgehead atoms. The van der Waals surface area contributed by atoms with Crippen LogP contribution in [0.25, 0.3) is 0 Å². The molecule has 2 heterocycles. The van der Waals surface area contributed by atoms with E-state index in [9.17, 15) is 9.18 Å². The summed E-state index contributed by atoms with van der Waals surface area (Å²) in [6.07, 6.45) is 9.83. The number of alkyl carbamates (subject to hydrolysis) is 1. The Balaban J connectivity index is 1.57. The maximum absolute atomic E-state index is 13.0. The van der Waals surface area contributed by atoms with E-state index in [0.29, 0.717) is 17.0 Å². The van der Waals surface area contributed by atoms with E-state index in [1.807, 2.05) is 36.4 Å². The van der Waals surface area contributed by atoms with Gasteiger partial charge in [-0.25, -0.2) is 14.2 Å². The summed E-state index contributed by atoms with van der Waals surface area (Å²) in [6.45, 7) is 0. The molecule has 5 heteroatoms. The minimum Gasteiger partial charge on any atom is -0.439 e. The predicted octanol–water partition coefficient (Wildman–Crippen LogP) is 4.21. The molecule has 1 N–H and O–H groups in total. The second kappa shape index (κ2) is 7.93. The summed E-state index contributed by atoms with van der Waals surface area (Å²) in [7, 11) is 0. The molecule has 1 amide bonds. The Hall–Kier alpha value is -3.65. The Morgan fingerprint density at radius 3 is 2.79 bits per heavy atom. The normalized spacial score (nSPS) is 21.8. The molecule has 1 saturated heterocycles. The van der Waals surface area contributed by atoms with E-state index < -0.39 is 12.2 Å². The van der Waals surface area contributed by atoms with Crippen LogP contribution >= 0.6 is 0 Å². The predicted molar refractivity (Wildman–Crippen MR) is 104 cm³/mol. The summed E-state index contributed by atoms with van der Waals surface area (Å²) in [6, 6.07) is 11.1. The number of benzene rings is 1. The van der Waals surface area contributed by atoms with Gasteiger partial charge in [0.1, 0.15) is 23.7 Å². The molecule has 2 aliphatic rings. The summed E-state index contributed by atoms with van der Waals surface area (Å²) in [5.41, 5.74) is 3.02. The largest absolute Gasteiger partial charge is 0.439 e. The number of halogens is 1. The third kappa shape index (κ3) is 4.18. The first-order valence-electron chi connectivity index (χ1n) is 8.93. The lowest BCUT2D eigenvalue weighted by molar-refractivity contribution is 0.153. The van der Waals surface area contributed by atoms with E-state index in [4.69, 9.17) is 4.74 Å². The first-order chi connectivity index (χ1) is 13.7. The van der Waals surface area contributed by atoms with Gasteiger partial charge in [-0.15, -0.1) is 0 Å². The van der Waals surface area contributed by atoms with Crippen LogP contribution in [0, 0.1) is 17.7 Å². The van der Waals surface area contributed by atoms with Crippen molar-refractivity contribution in [2.45, 2.75) is 18.6 Å². The van der Waals surface area contributed by atoms with E-state index in [0.717, 1.165) is 12.0 Å². The molecule has 2 unspecified atom stereocenters. The van der Waals surface area contributed by atoms with Gasteiger partial charge in [0.25, 0.3) is 0 Å². The number of amides is 1. The van der Waals surface area contributed by atoms with Crippen molar-refractivity contribution in [2.75, 3.05) is 0 Å². The first kappa shape index (κ1) is 17.7. The maximum atomic E-state index is 13.0. The number of carbonyl (C=O) groups is 1. The standard InChI is InChI=1S/C23H17FN2O2/c24-18-12-9-16(10-13-18)11-14-19-7-4-8-20(25-19)22-21(28-23(27)26-22)15-17-5-2-1-3-6-17/h1-5,7-10,12-13,15,21-22H,6H2,(H,26,27). The lowest BCUT2D eigenvalue weighted by atomic mass is 10.0. The summed E-state index contributed by atoms with van der Waals surface area (Å²) >= 11 is 0. The van der Waals surface area contributed by atoms with Crippen LogP contribution in [0.2, 0.25) is 0 Å². The van der Waals surface area contributed by atoms with Gasteiger partial charge in [0.15, 0.2) is 0 Å². The van der Waals surface area contributed by atoms with Crippen molar-refractivity contribution in [1.29, 1.82) is 0 Å². The van der Waals surface area contributed by atoms with Crippen molar-refractivity contribution in [3.63, 3.8) is 0 Å². The monoisotopic (exact) mass is 372 g/mol. The molecule has 1 aliphatic heterocycles. The second-order valence-corrected chi connectivity index (χ2v) is 6.43. The van der Waals surface area contributed by atoms with E-state index >= 15 is 0 Å². The molecular formula is C23H17FN2O2. The molecule has 2 aromatic rings. The average Bonchev–Trinajstić information content (AvgIpc) is 3.09. The Kier molecular flexibility index (Phi) is 5.03. The molecule has 1 aromatic heterocycles. The van der Waals surface area contributed by atoms with Crippen LogP contribution < -0.4 is 5.32 Å². The third-order valence-corrected chi connectivity index (χ3v) is 4.40. The number of nitrogens with zero attached hydrogens (tertiary/aromatic N) is 1. The molecule has 28 heavy (non-hydrogen) atoms. The zero-order chi connectivity index (χ0) is 19.3. The van der Waals surface area contributed by atoms with E-state index in [2.05, 4.69) is 28.2 Å². The number of allylic oxidation sites excluding steroid dienone is 5. The van der Waals surface area contributed by atoms with E-state index in [-0.39, 0.29) is 11.9 Å². The second-order valence-electron chi connectivity index (χ2n) is 6.43. The molecule has 0 spiro atoms. The Morgan fingerprint density at radius 1 is 1.14 bits per heavy atom. The minimum atomic E-state index is -0.466. The molecular weight excluding hydrogens is 355 g/mol. The van der Waals surface area contributed by atoms with Crippen LogP contribution in [0.5, 0.6) is 0 Å². The van der Waals surface area contributed by atoms with Crippen LogP contribution in [-0.4, -0.2) is 17.2 Å². The van der Waals surface area contributed by atoms with Gasteiger partial charge in [0.2, 0.25) is 0 Å². The highest BCUT2D eigenvalue weighted by atomic mass is 19.1. The number of pyridine rings is 1. The van der Waals surface area contributed by atoms with Gasteiger partial charge in [-0.2, -0.15) is 0 Å². The lowest BCUT2D eigenvalue weighted by Gasteiger charge is -2.15. The highest BCUT2D eigenvalue weighted by Gasteiger charge is 2.34. The number of carbonyl (C=O) groups excluding carboxylic acids is 1. The number of aromatic nitrogens is 1. The fourth-order valence-corrected chi connectivity index (χ4v) is 3.04. The minimum absolute atomic E-state index is 0.300. The van der Waals surface area contributed by atoms with Gasteiger partial charge in [0, 0.05) is 5.56 Å². The SMILES string of the molecule is O=C1NC(c2cccc(C#Cc3ccc(F)cc3)n2)C(C=C2C=CC=CC2)O1. The van der Waals surface area contributed by atoms with E-state index in [1.165, 1.54) is 12.1 Å². The molecule has 1 aliphatic carbocycles. The molecule has 1 fully saturated rings. The summed E-state index contributed by atoms with van der Waals surface area (Å²) in [5.74, 6) is 5.64. The van der Waals surface area contributed by atoms with Gasteiger partial charge in [-0.05, 0) is 60.4 Å². The topological polar surface area (TPSA) is 51.2 Å². The van der Waals surface area contributed by atoms with Crippen molar-refractivity contribution in [2.24, 2.45) is 0 Å². The number of hydrogen-bond acceptors (Lipinski definition) is 3. The Labute approximate surface area is 162 Å². The average molecular weight is 372 g/mol. The van der Waals surface area contributed by atoms with Crippen molar-refractivity contribution < 1.29 is 13.9 Å². The number of hydrogen-bond donors (Lipinski definition) is 1. The Bertz CT molecular complexity index is 1040. The first-order valence-corrected chi connectivity index (χ1v) is 8.93. The number of ether oxygens (including phenoxy) is 1. The highest BCUT2D eigenvalue weighted by molar-refractivity contribution is 5.71. The smallest absolute Gasteiger partial charge is 0.408 e. The Morgan fingerprint density at radius 2 is 2.00 bits per heavy atom. The molecule has 2 atom stereocenters. The number of rotatable bonds is 2. The van der Waals surface area contributed by atoms with Gasteiger partial charge in [0.05, 0.1) is 5.69 Å². The number of cyclic esters (lactones) is 1. The van der Waals surface area contributed by atoms with Crippen molar-refractivity contribution >= 4 is 6.09 Å². The van der Waals surface area contributed by atoms with Crippen molar-refractivity contribution in [1.82, 2.24) is 10.3 Å². The highest BCUT2D eigenvalue weighted by Crippen LogP contribution is 2.26. The molecule has 0 radical (unpaired) electrons. The van der Waals surface area contributed by atoms with Crippen LogP contribution in [0.1, 0.15) is 29.4 Å². The van der Waals surface area contributed by atoms with Crippen molar-refractivity contribution in [3.05, 3.63) is 101 Å². The summed E-state index contributed by atoms with van der Waals surface area (Å²) in [4.78, 5) is 16.4. The third-order valence-electron chi connectivity index (χ3n) is 4.40. The van der Waals surface area contributed by atoms with Crippen LogP contribution in [0.15, 0.2) is 78.4 Å². The fourth-order valence-electron chi connectivity index (χ4n) is 3.04. The lowest BCUT2D eigenvalue weighted by Crippen LogP contribution is -2.23. The maximum Gasteiger partial charge on any atom is 0.408 e. The van der Waals surface area contributed by atoms with Gasteiger partial charge in [-0.3, -0.25) is 0 Å².